The van der Waals surface area contributed by atoms with E-state index < -0.39 is 0 Å². The Balaban J connectivity index is 2.20. The van der Waals surface area contributed by atoms with Gasteiger partial charge in [-0.3, -0.25) is 0 Å². The molecule has 1 aromatic heterocycles. The van der Waals surface area contributed by atoms with E-state index in [9.17, 15) is 0 Å². The Kier molecular flexibility index (Phi) is 3.52. The number of hydrogen-bond donors (Lipinski definition) is 1. The lowest BCUT2D eigenvalue weighted by atomic mass is 9.73. The summed E-state index contributed by atoms with van der Waals surface area (Å²) < 4.78 is 6.68. The zero-order valence-electron chi connectivity index (χ0n) is 9.08. The van der Waals surface area contributed by atoms with Gasteiger partial charge in [-0.05, 0) is 53.2 Å². The molecule has 2 rings (SSSR count). The second kappa shape index (κ2) is 4.71. The fraction of sp³-hybridized carbons (Fsp3) is 0.667. The molecule has 15 heavy (non-hydrogen) atoms. The molecule has 3 atom stereocenters. The van der Waals surface area contributed by atoms with Gasteiger partial charge in [0.05, 0.1) is 10.7 Å². The number of rotatable bonds is 2. The quantitative estimate of drug-likeness (QED) is 0.894. The van der Waals surface area contributed by atoms with Crippen LogP contribution in [0.15, 0.2) is 21.2 Å². The number of nitrogens with two attached hydrogens (primary N) is 1. The molecule has 0 aromatic carbocycles. The van der Waals surface area contributed by atoms with E-state index in [4.69, 9.17) is 10.2 Å². The van der Waals surface area contributed by atoms with Crippen molar-refractivity contribution in [3.05, 3.63) is 22.6 Å². The maximum Gasteiger partial charge on any atom is 0.121 e. The molecule has 0 spiro atoms. The molecule has 1 saturated carbocycles. The van der Waals surface area contributed by atoms with Crippen LogP contribution in [0.5, 0.6) is 0 Å². The highest BCUT2D eigenvalue weighted by Crippen LogP contribution is 2.42. The average molecular weight is 272 g/mol. The largest absolute Gasteiger partial charge is 0.468 e. The van der Waals surface area contributed by atoms with Gasteiger partial charge in [0.25, 0.3) is 0 Å². The molecule has 3 unspecified atom stereocenters. The van der Waals surface area contributed by atoms with Crippen LogP contribution in [-0.4, -0.2) is 6.54 Å². The lowest BCUT2D eigenvalue weighted by Gasteiger charge is -2.33. The minimum Gasteiger partial charge on any atom is -0.468 e. The Morgan fingerprint density at radius 1 is 1.53 bits per heavy atom. The Labute approximate surface area is 99.3 Å². The Morgan fingerprint density at radius 2 is 2.33 bits per heavy atom. The topological polar surface area (TPSA) is 39.2 Å². The first-order valence-electron chi connectivity index (χ1n) is 5.65. The van der Waals surface area contributed by atoms with Crippen LogP contribution in [0.25, 0.3) is 0 Å². The molecule has 1 aromatic rings. The Bertz CT molecular complexity index is 323. The standard InChI is InChI=1S/C12H18BrNO/c1-8-2-3-9(7-14)10(6-8)12-11(13)4-5-15-12/h4-5,8-10H,2-3,6-7,14H2,1H3. The number of halogens is 1. The van der Waals surface area contributed by atoms with Gasteiger partial charge in [-0.25, -0.2) is 0 Å². The third-order valence-electron chi connectivity index (χ3n) is 3.54. The van der Waals surface area contributed by atoms with Crippen LogP contribution in [0.4, 0.5) is 0 Å². The smallest absolute Gasteiger partial charge is 0.121 e. The first-order valence-corrected chi connectivity index (χ1v) is 6.44. The minimum atomic E-state index is 0.503. The first-order chi connectivity index (χ1) is 7.22. The molecule has 0 saturated heterocycles. The summed E-state index contributed by atoms with van der Waals surface area (Å²) in [6, 6.07) is 1.97. The van der Waals surface area contributed by atoms with Crippen molar-refractivity contribution >= 4 is 15.9 Å². The molecule has 1 aliphatic carbocycles. The SMILES string of the molecule is CC1CCC(CN)C(c2occc2Br)C1. The van der Waals surface area contributed by atoms with Gasteiger partial charge >= 0.3 is 0 Å². The van der Waals surface area contributed by atoms with Crippen LogP contribution in [0.1, 0.15) is 37.9 Å². The van der Waals surface area contributed by atoms with Crippen LogP contribution < -0.4 is 5.73 Å². The summed E-state index contributed by atoms with van der Waals surface area (Å²) in [6.07, 6.45) is 5.49. The summed E-state index contributed by atoms with van der Waals surface area (Å²) in [4.78, 5) is 0. The van der Waals surface area contributed by atoms with Crippen molar-refractivity contribution in [3.63, 3.8) is 0 Å². The highest BCUT2D eigenvalue weighted by molar-refractivity contribution is 9.10. The van der Waals surface area contributed by atoms with Crippen LogP contribution in [0.2, 0.25) is 0 Å². The minimum absolute atomic E-state index is 0.503. The summed E-state index contributed by atoms with van der Waals surface area (Å²) in [5.74, 6) is 2.97. The fourth-order valence-electron chi connectivity index (χ4n) is 2.62. The molecule has 1 aliphatic rings. The predicted octanol–water partition coefficient (Wildman–Crippen LogP) is 3.52. The van der Waals surface area contributed by atoms with E-state index in [-0.39, 0.29) is 0 Å². The maximum absolute atomic E-state index is 5.84. The monoisotopic (exact) mass is 271 g/mol. The van der Waals surface area contributed by atoms with Crippen molar-refractivity contribution < 1.29 is 4.42 Å². The van der Waals surface area contributed by atoms with Gasteiger partial charge < -0.3 is 10.2 Å². The summed E-state index contributed by atoms with van der Waals surface area (Å²) in [5.41, 5.74) is 5.84. The molecule has 3 heteroatoms. The van der Waals surface area contributed by atoms with Crippen molar-refractivity contribution in [2.75, 3.05) is 6.54 Å². The second-order valence-electron chi connectivity index (χ2n) is 4.65. The van der Waals surface area contributed by atoms with Gasteiger partial charge in [0, 0.05) is 5.92 Å². The van der Waals surface area contributed by atoms with Crippen molar-refractivity contribution in [2.45, 2.75) is 32.1 Å². The first kappa shape index (κ1) is 11.2. The summed E-state index contributed by atoms with van der Waals surface area (Å²) >= 11 is 3.54. The van der Waals surface area contributed by atoms with E-state index in [0.29, 0.717) is 11.8 Å². The molecule has 2 nitrogen and oxygen atoms in total. The third-order valence-corrected chi connectivity index (χ3v) is 4.20. The number of hydrogen-bond acceptors (Lipinski definition) is 2. The predicted molar refractivity (Wildman–Crippen MR) is 64.7 cm³/mol. The lowest BCUT2D eigenvalue weighted by Crippen LogP contribution is -2.28. The highest BCUT2D eigenvalue weighted by Gasteiger charge is 2.31. The van der Waals surface area contributed by atoms with Gasteiger partial charge in [-0.2, -0.15) is 0 Å². The van der Waals surface area contributed by atoms with Crippen LogP contribution in [-0.2, 0) is 0 Å². The lowest BCUT2D eigenvalue weighted by molar-refractivity contribution is 0.228. The van der Waals surface area contributed by atoms with Crippen LogP contribution in [0.3, 0.4) is 0 Å². The van der Waals surface area contributed by atoms with Crippen molar-refractivity contribution in [3.8, 4) is 0 Å². The fourth-order valence-corrected chi connectivity index (χ4v) is 3.11. The molecular formula is C12H18BrNO. The van der Waals surface area contributed by atoms with Crippen LogP contribution in [0, 0.1) is 11.8 Å². The summed E-state index contributed by atoms with van der Waals surface area (Å²) in [7, 11) is 0. The molecular weight excluding hydrogens is 254 g/mol. The van der Waals surface area contributed by atoms with Crippen molar-refractivity contribution in [1.29, 1.82) is 0 Å². The van der Waals surface area contributed by atoms with E-state index in [0.717, 1.165) is 22.7 Å². The molecule has 2 N–H and O–H groups in total. The second-order valence-corrected chi connectivity index (χ2v) is 5.51. The molecule has 0 amide bonds. The Morgan fingerprint density at radius 3 is 2.93 bits per heavy atom. The van der Waals surface area contributed by atoms with Crippen molar-refractivity contribution in [1.82, 2.24) is 0 Å². The van der Waals surface area contributed by atoms with E-state index in [1.54, 1.807) is 6.26 Å². The van der Waals surface area contributed by atoms with E-state index in [1.807, 2.05) is 6.07 Å². The molecule has 0 aliphatic heterocycles. The van der Waals surface area contributed by atoms with Crippen molar-refractivity contribution in [2.24, 2.45) is 17.6 Å². The van der Waals surface area contributed by atoms with E-state index >= 15 is 0 Å². The zero-order chi connectivity index (χ0) is 10.8. The van der Waals surface area contributed by atoms with E-state index in [2.05, 4.69) is 22.9 Å². The van der Waals surface area contributed by atoms with Crippen LogP contribution >= 0.6 is 15.9 Å². The Hall–Kier alpha value is -0.280. The molecule has 0 bridgehead atoms. The summed E-state index contributed by atoms with van der Waals surface area (Å²) in [6.45, 7) is 3.08. The van der Waals surface area contributed by atoms with Gasteiger partial charge in [0.15, 0.2) is 0 Å². The normalized spacial score (nSPS) is 31.8. The number of furan rings is 1. The molecule has 1 fully saturated rings. The molecule has 0 radical (unpaired) electrons. The third kappa shape index (κ3) is 2.28. The molecule has 84 valence electrons. The van der Waals surface area contributed by atoms with Gasteiger partial charge in [0.2, 0.25) is 0 Å². The zero-order valence-corrected chi connectivity index (χ0v) is 10.7. The van der Waals surface area contributed by atoms with Gasteiger partial charge in [0.1, 0.15) is 5.76 Å². The highest BCUT2D eigenvalue weighted by atomic mass is 79.9. The molecule has 1 heterocycles. The van der Waals surface area contributed by atoms with E-state index in [1.165, 1.54) is 19.3 Å². The average Bonchev–Trinajstić information content (AvgIpc) is 2.64. The van der Waals surface area contributed by atoms with Gasteiger partial charge in [-0.1, -0.05) is 13.3 Å². The summed E-state index contributed by atoms with van der Waals surface area (Å²) in [5, 5.41) is 0. The maximum atomic E-state index is 5.84. The van der Waals surface area contributed by atoms with Gasteiger partial charge in [-0.15, -0.1) is 0 Å².